The van der Waals surface area contributed by atoms with Gasteiger partial charge in [-0.05, 0) is 42.8 Å². The van der Waals surface area contributed by atoms with E-state index in [1.807, 2.05) is 24.3 Å². The maximum Gasteiger partial charge on any atom is 0.303 e. The summed E-state index contributed by atoms with van der Waals surface area (Å²) < 4.78 is 19.8. The summed E-state index contributed by atoms with van der Waals surface area (Å²) in [6.07, 6.45) is 0.354. The summed E-state index contributed by atoms with van der Waals surface area (Å²) >= 11 is 1.31. The Hall–Kier alpha value is -2.73. The van der Waals surface area contributed by atoms with Gasteiger partial charge in [0.1, 0.15) is 16.4 Å². The molecule has 0 radical (unpaired) electrons. The van der Waals surface area contributed by atoms with Gasteiger partial charge in [-0.2, -0.15) is 0 Å². The van der Waals surface area contributed by atoms with E-state index in [0.717, 1.165) is 10.1 Å². The van der Waals surface area contributed by atoms with Crippen molar-refractivity contribution >= 4 is 33.2 Å². The molecule has 6 heteroatoms. The van der Waals surface area contributed by atoms with Crippen LogP contribution in [0.5, 0.6) is 5.75 Å². The largest absolute Gasteiger partial charge is 0.491 e. The predicted molar refractivity (Wildman–Crippen MR) is 94.0 cm³/mol. The van der Waals surface area contributed by atoms with E-state index in [0.29, 0.717) is 22.6 Å². The smallest absolute Gasteiger partial charge is 0.303 e. The van der Waals surface area contributed by atoms with E-state index >= 15 is 0 Å². The Morgan fingerprint density at radius 2 is 1.80 bits per heavy atom. The number of rotatable bonds is 7. The van der Waals surface area contributed by atoms with Crippen LogP contribution in [-0.2, 0) is 4.79 Å². The minimum atomic E-state index is -0.888. The number of carboxylic acid groups (broad SMARTS) is 1. The van der Waals surface area contributed by atoms with Crippen LogP contribution in [0.15, 0.2) is 48.5 Å². The molecule has 0 amide bonds. The molecule has 1 aromatic heterocycles. The van der Waals surface area contributed by atoms with Gasteiger partial charge in [-0.25, -0.2) is 4.39 Å². The van der Waals surface area contributed by atoms with E-state index in [1.54, 1.807) is 0 Å². The van der Waals surface area contributed by atoms with E-state index in [-0.39, 0.29) is 18.8 Å². The normalized spacial score (nSPS) is 10.8. The van der Waals surface area contributed by atoms with Crippen LogP contribution in [0, 0.1) is 5.82 Å². The van der Waals surface area contributed by atoms with Gasteiger partial charge in [0.05, 0.1) is 6.61 Å². The molecule has 0 saturated heterocycles. The zero-order valence-corrected chi connectivity index (χ0v) is 14.0. The van der Waals surface area contributed by atoms with Crippen molar-refractivity contribution in [2.75, 3.05) is 6.61 Å². The summed E-state index contributed by atoms with van der Waals surface area (Å²) in [4.78, 5) is 23.9. The van der Waals surface area contributed by atoms with Crippen LogP contribution in [0.4, 0.5) is 4.39 Å². The number of carbonyl (C=O) groups is 2. The molecule has 0 atom stereocenters. The minimum Gasteiger partial charge on any atom is -0.491 e. The van der Waals surface area contributed by atoms with E-state index < -0.39 is 11.8 Å². The molecule has 25 heavy (non-hydrogen) atoms. The summed E-state index contributed by atoms with van der Waals surface area (Å²) in [6.45, 7) is 0.205. The van der Waals surface area contributed by atoms with Crippen LogP contribution in [0.1, 0.15) is 28.1 Å². The number of benzene rings is 2. The minimum absolute atomic E-state index is 0.00329. The quantitative estimate of drug-likeness (QED) is 0.498. The highest BCUT2D eigenvalue weighted by Gasteiger charge is 2.21. The number of thiophene rings is 1. The summed E-state index contributed by atoms with van der Waals surface area (Å²) in [6, 6.07) is 12.9. The van der Waals surface area contributed by atoms with Crippen LogP contribution in [0.25, 0.3) is 10.1 Å². The first-order chi connectivity index (χ1) is 12.1. The van der Waals surface area contributed by atoms with Crippen molar-refractivity contribution < 1.29 is 23.8 Å². The maximum absolute atomic E-state index is 13.1. The Kier molecular flexibility index (Phi) is 5.09. The van der Waals surface area contributed by atoms with Crippen LogP contribution >= 0.6 is 11.3 Å². The second kappa shape index (κ2) is 7.44. The van der Waals surface area contributed by atoms with Gasteiger partial charge in [0.15, 0.2) is 0 Å². The average Bonchev–Trinajstić information content (AvgIpc) is 2.97. The van der Waals surface area contributed by atoms with Crippen LogP contribution in [0.3, 0.4) is 0 Å². The molecule has 3 aromatic rings. The Morgan fingerprint density at radius 3 is 2.52 bits per heavy atom. The van der Waals surface area contributed by atoms with Gasteiger partial charge in [-0.15, -0.1) is 11.3 Å². The number of halogens is 1. The number of aliphatic carboxylic acids is 1. The Morgan fingerprint density at radius 1 is 1.08 bits per heavy atom. The molecule has 0 aliphatic carbocycles. The van der Waals surface area contributed by atoms with Crippen LogP contribution < -0.4 is 4.74 Å². The molecule has 2 aromatic carbocycles. The third-order valence-electron chi connectivity index (χ3n) is 3.64. The number of carbonyl (C=O) groups excluding carboxylic acids is 1. The number of hydrogen-bond donors (Lipinski definition) is 1. The molecule has 0 aliphatic heterocycles. The monoisotopic (exact) mass is 358 g/mol. The van der Waals surface area contributed by atoms with Gasteiger partial charge in [-0.1, -0.05) is 12.1 Å². The third-order valence-corrected chi connectivity index (χ3v) is 4.79. The fourth-order valence-corrected chi connectivity index (χ4v) is 3.55. The first-order valence-electron chi connectivity index (χ1n) is 7.72. The predicted octanol–water partition coefficient (Wildman–Crippen LogP) is 4.52. The SMILES string of the molecule is O=C(O)CCCOc1c(C(=O)c2ccc(F)cc2)sc2ccccc12. The second-order valence-electron chi connectivity index (χ2n) is 5.44. The van der Waals surface area contributed by atoms with Crippen LogP contribution in [-0.4, -0.2) is 23.5 Å². The highest BCUT2D eigenvalue weighted by atomic mass is 32.1. The summed E-state index contributed by atoms with van der Waals surface area (Å²) in [5, 5.41) is 9.53. The molecule has 4 nitrogen and oxygen atoms in total. The maximum atomic E-state index is 13.1. The van der Waals surface area contributed by atoms with Crippen molar-refractivity contribution in [3.05, 3.63) is 64.8 Å². The first kappa shape index (κ1) is 17.1. The standard InChI is InChI=1S/C19H15FO4S/c20-13-9-7-12(8-10-13)17(23)19-18(24-11-3-6-16(21)22)14-4-1-2-5-15(14)25-19/h1-2,4-5,7-10H,3,6,11H2,(H,21,22). The van der Waals surface area contributed by atoms with Gasteiger partial charge < -0.3 is 9.84 Å². The zero-order valence-electron chi connectivity index (χ0n) is 13.2. The summed E-state index contributed by atoms with van der Waals surface area (Å²) in [7, 11) is 0. The average molecular weight is 358 g/mol. The van der Waals surface area contributed by atoms with E-state index in [9.17, 15) is 14.0 Å². The molecule has 0 unspecified atom stereocenters. The fraction of sp³-hybridized carbons (Fsp3) is 0.158. The molecule has 1 N–H and O–H groups in total. The number of hydrogen-bond acceptors (Lipinski definition) is 4. The topological polar surface area (TPSA) is 63.6 Å². The molecular weight excluding hydrogens is 343 g/mol. The molecule has 128 valence electrons. The Labute approximate surface area is 147 Å². The van der Waals surface area contributed by atoms with Crippen molar-refractivity contribution in [2.45, 2.75) is 12.8 Å². The van der Waals surface area contributed by atoms with Crippen molar-refractivity contribution in [1.82, 2.24) is 0 Å². The van der Waals surface area contributed by atoms with Crippen molar-refractivity contribution in [1.29, 1.82) is 0 Å². The van der Waals surface area contributed by atoms with Crippen molar-refractivity contribution in [2.24, 2.45) is 0 Å². The molecule has 1 heterocycles. The molecule has 0 spiro atoms. The number of ketones is 1. The first-order valence-corrected chi connectivity index (χ1v) is 8.54. The lowest BCUT2D eigenvalue weighted by Gasteiger charge is -2.07. The van der Waals surface area contributed by atoms with Gasteiger partial charge in [0.25, 0.3) is 0 Å². The Bertz CT molecular complexity index is 915. The van der Waals surface area contributed by atoms with Crippen molar-refractivity contribution in [3.8, 4) is 5.75 Å². The van der Waals surface area contributed by atoms with Crippen LogP contribution in [0.2, 0.25) is 0 Å². The van der Waals surface area contributed by atoms with Gasteiger partial charge in [0.2, 0.25) is 5.78 Å². The van der Waals surface area contributed by atoms with E-state index in [4.69, 9.17) is 9.84 Å². The van der Waals surface area contributed by atoms with E-state index in [2.05, 4.69) is 0 Å². The number of ether oxygens (including phenoxy) is 1. The molecule has 0 fully saturated rings. The summed E-state index contributed by atoms with van der Waals surface area (Å²) in [5.41, 5.74) is 0.378. The number of fused-ring (bicyclic) bond motifs is 1. The summed E-state index contributed by atoms with van der Waals surface area (Å²) in [5.74, 6) is -1.07. The lowest BCUT2D eigenvalue weighted by atomic mass is 10.1. The molecule has 3 rings (SSSR count). The molecule has 0 bridgehead atoms. The Balaban J connectivity index is 1.93. The van der Waals surface area contributed by atoms with Gasteiger partial charge in [-0.3, -0.25) is 9.59 Å². The molecule has 0 saturated carbocycles. The van der Waals surface area contributed by atoms with Crippen molar-refractivity contribution in [3.63, 3.8) is 0 Å². The zero-order chi connectivity index (χ0) is 17.8. The third kappa shape index (κ3) is 3.85. The molecule has 0 aliphatic rings. The second-order valence-corrected chi connectivity index (χ2v) is 6.49. The highest BCUT2D eigenvalue weighted by Crippen LogP contribution is 2.39. The lowest BCUT2D eigenvalue weighted by Crippen LogP contribution is -2.05. The van der Waals surface area contributed by atoms with Gasteiger partial charge in [0, 0.05) is 22.1 Å². The molecular formula is C19H15FO4S. The fourth-order valence-electron chi connectivity index (χ4n) is 2.44. The number of carboxylic acids is 1. The van der Waals surface area contributed by atoms with Gasteiger partial charge >= 0.3 is 5.97 Å². The lowest BCUT2D eigenvalue weighted by molar-refractivity contribution is -0.137. The van der Waals surface area contributed by atoms with E-state index in [1.165, 1.54) is 35.6 Å². The highest BCUT2D eigenvalue weighted by molar-refractivity contribution is 7.21.